The smallest absolute Gasteiger partial charge is 0.184 e. The molecule has 0 radical (unpaired) electrons. The molecule has 0 aliphatic carbocycles. The highest BCUT2D eigenvalue weighted by molar-refractivity contribution is 7.22. The molecular weight excluding hydrogens is 244 g/mol. The van der Waals surface area contributed by atoms with E-state index in [1.165, 1.54) is 10.3 Å². The van der Waals surface area contributed by atoms with Gasteiger partial charge in [-0.3, -0.25) is 0 Å². The number of anilines is 1. The van der Waals surface area contributed by atoms with Crippen LogP contribution in [0.3, 0.4) is 0 Å². The summed E-state index contributed by atoms with van der Waals surface area (Å²) in [6.45, 7) is 2.78. The summed E-state index contributed by atoms with van der Waals surface area (Å²) < 4.78 is 3.22. The second-order valence-corrected chi connectivity index (χ2v) is 5.33. The molecule has 0 spiro atoms. The number of nitrogens with one attached hydrogen (secondary N) is 1. The fourth-order valence-electron chi connectivity index (χ4n) is 1.83. The Morgan fingerprint density at radius 1 is 1.39 bits per heavy atom. The van der Waals surface area contributed by atoms with Crippen LogP contribution >= 0.6 is 11.3 Å². The fourth-order valence-corrected chi connectivity index (χ4v) is 2.68. The summed E-state index contributed by atoms with van der Waals surface area (Å²) in [6.07, 6.45) is 3.75. The maximum atomic E-state index is 4.57. The van der Waals surface area contributed by atoms with E-state index in [0.29, 0.717) is 6.54 Å². The lowest BCUT2D eigenvalue weighted by atomic mass is 10.2. The van der Waals surface area contributed by atoms with E-state index in [9.17, 15) is 0 Å². The highest BCUT2D eigenvalue weighted by Crippen LogP contribution is 2.26. The molecule has 2 aromatic heterocycles. The zero-order chi connectivity index (χ0) is 12.5. The number of rotatable bonds is 3. The van der Waals surface area contributed by atoms with Gasteiger partial charge in [-0.05, 0) is 24.6 Å². The van der Waals surface area contributed by atoms with Crippen molar-refractivity contribution in [3.05, 3.63) is 42.0 Å². The maximum absolute atomic E-state index is 4.57. The minimum atomic E-state index is 0.697. The number of imidazole rings is 1. The van der Waals surface area contributed by atoms with Crippen molar-refractivity contribution >= 4 is 26.7 Å². The molecule has 0 fully saturated rings. The second kappa shape index (κ2) is 4.42. The zero-order valence-corrected chi connectivity index (χ0v) is 11.2. The SMILES string of the molecule is Cc1ccc2sc(NCc3nccn3C)nc2c1. The summed E-state index contributed by atoms with van der Waals surface area (Å²) >= 11 is 1.67. The molecule has 0 aliphatic heterocycles. The Morgan fingerprint density at radius 3 is 3.06 bits per heavy atom. The van der Waals surface area contributed by atoms with Crippen molar-refractivity contribution in [2.75, 3.05) is 5.32 Å². The summed E-state index contributed by atoms with van der Waals surface area (Å²) in [7, 11) is 1.99. The van der Waals surface area contributed by atoms with Crippen molar-refractivity contribution in [1.82, 2.24) is 14.5 Å². The molecule has 1 aromatic carbocycles. The van der Waals surface area contributed by atoms with Gasteiger partial charge in [-0.15, -0.1) is 0 Å². The molecule has 4 nitrogen and oxygen atoms in total. The molecule has 1 N–H and O–H groups in total. The third-order valence-electron chi connectivity index (χ3n) is 2.86. The molecule has 0 saturated carbocycles. The highest BCUT2D eigenvalue weighted by Gasteiger charge is 2.05. The van der Waals surface area contributed by atoms with Crippen molar-refractivity contribution in [3.63, 3.8) is 0 Å². The van der Waals surface area contributed by atoms with Crippen molar-refractivity contribution in [1.29, 1.82) is 0 Å². The number of thiazole rings is 1. The minimum absolute atomic E-state index is 0.697. The van der Waals surface area contributed by atoms with Crippen LogP contribution in [0.15, 0.2) is 30.6 Å². The molecule has 0 aliphatic rings. The highest BCUT2D eigenvalue weighted by atomic mass is 32.1. The summed E-state index contributed by atoms with van der Waals surface area (Å²) in [4.78, 5) is 8.85. The van der Waals surface area contributed by atoms with E-state index in [-0.39, 0.29) is 0 Å². The van der Waals surface area contributed by atoms with Gasteiger partial charge in [0, 0.05) is 19.4 Å². The van der Waals surface area contributed by atoms with Gasteiger partial charge in [0.2, 0.25) is 0 Å². The normalized spacial score (nSPS) is 11.0. The van der Waals surface area contributed by atoms with Gasteiger partial charge < -0.3 is 9.88 Å². The Kier molecular flexibility index (Phi) is 2.76. The third kappa shape index (κ3) is 2.09. The van der Waals surface area contributed by atoms with E-state index >= 15 is 0 Å². The lowest BCUT2D eigenvalue weighted by molar-refractivity contribution is 0.812. The van der Waals surface area contributed by atoms with Gasteiger partial charge in [-0.25, -0.2) is 9.97 Å². The minimum Gasteiger partial charge on any atom is -0.354 e. The number of nitrogens with zero attached hydrogens (tertiary/aromatic N) is 3. The molecule has 0 bridgehead atoms. The maximum Gasteiger partial charge on any atom is 0.184 e. The van der Waals surface area contributed by atoms with E-state index in [1.54, 1.807) is 17.5 Å². The van der Waals surface area contributed by atoms with Gasteiger partial charge in [-0.1, -0.05) is 17.4 Å². The molecule has 92 valence electrons. The zero-order valence-electron chi connectivity index (χ0n) is 10.3. The van der Waals surface area contributed by atoms with Gasteiger partial charge in [-0.2, -0.15) is 0 Å². The Balaban J connectivity index is 1.81. The standard InChI is InChI=1S/C13H14N4S/c1-9-3-4-11-10(7-9)16-13(18-11)15-8-12-14-5-6-17(12)2/h3-7H,8H2,1-2H3,(H,15,16). The van der Waals surface area contributed by atoms with Gasteiger partial charge in [0.05, 0.1) is 16.8 Å². The number of hydrogen-bond donors (Lipinski definition) is 1. The number of hydrogen-bond acceptors (Lipinski definition) is 4. The van der Waals surface area contributed by atoms with E-state index in [1.807, 2.05) is 17.8 Å². The van der Waals surface area contributed by atoms with Crippen LogP contribution in [0.25, 0.3) is 10.2 Å². The largest absolute Gasteiger partial charge is 0.354 e. The second-order valence-electron chi connectivity index (χ2n) is 4.30. The van der Waals surface area contributed by atoms with Crippen LogP contribution in [0, 0.1) is 6.92 Å². The summed E-state index contributed by atoms with van der Waals surface area (Å²) in [5, 5.41) is 4.26. The van der Waals surface area contributed by atoms with E-state index in [0.717, 1.165) is 16.5 Å². The summed E-state index contributed by atoms with van der Waals surface area (Å²) in [5.74, 6) is 1.01. The monoisotopic (exact) mass is 258 g/mol. The quantitative estimate of drug-likeness (QED) is 0.785. The molecular formula is C13H14N4S. The van der Waals surface area contributed by atoms with Crippen LogP contribution in [-0.4, -0.2) is 14.5 Å². The van der Waals surface area contributed by atoms with E-state index in [2.05, 4.69) is 40.4 Å². The lowest BCUT2D eigenvalue weighted by Gasteiger charge is -2.01. The molecule has 5 heteroatoms. The molecule has 18 heavy (non-hydrogen) atoms. The van der Waals surface area contributed by atoms with Crippen LogP contribution in [0.5, 0.6) is 0 Å². The van der Waals surface area contributed by atoms with Crippen LogP contribution in [0.2, 0.25) is 0 Å². The molecule has 0 atom stereocenters. The van der Waals surface area contributed by atoms with Crippen LogP contribution in [0.1, 0.15) is 11.4 Å². The van der Waals surface area contributed by atoms with Crippen molar-refractivity contribution in [3.8, 4) is 0 Å². The molecule has 3 aromatic rings. The van der Waals surface area contributed by atoms with Gasteiger partial charge in [0.1, 0.15) is 5.82 Å². The first-order valence-electron chi connectivity index (χ1n) is 5.79. The van der Waals surface area contributed by atoms with Crippen LogP contribution < -0.4 is 5.32 Å². The summed E-state index contributed by atoms with van der Waals surface area (Å²) in [5.41, 5.74) is 2.30. The van der Waals surface area contributed by atoms with Crippen molar-refractivity contribution in [2.45, 2.75) is 13.5 Å². The predicted octanol–water partition coefficient (Wildman–Crippen LogP) is 2.95. The fraction of sp³-hybridized carbons (Fsp3) is 0.231. The lowest BCUT2D eigenvalue weighted by Crippen LogP contribution is -2.05. The predicted molar refractivity (Wildman–Crippen MR) is 74.9 cm³/mol. The van der Waals surface area contributed by atoms with Gasteiger partial charge in [0.25, 0.3) is 0 Å². The average molecular weight is 258 g/mol. The summed E-state index contributed by atoms with van der Waals surface area (Å²) in [6, 6.07) is 6.34. The number of aromatic nitrogens is 3. The Morgan fingerprint density at radius 2 is 2.28 bits per heavy atom. The molecule has 0 unspecified atom stereocenters. The van der Waals surface area contributed by atoms with Crippen LogP contribution in [-0.2, 0) is 13.6 Å². The third-order valence-corrected chi connectivity index (χ3v) is 3.86. The molecule has 0 amide bonds. The van der Waals surface area contributed by atoms with Gasteiger partial charge >= 0.3 is 0 Å². The number of benzene rings is 1. The number of aryl methyl sites for hydroxylation is 2. The molecule has 0 saturated heterocycles. The number of fused-ring (bicyclic) bond motifs is 1. The first-order valence-corrected chi connectivity index (χ1v) is 6.61. The Hall–Kier alpha value is -1.88. The van der Waals surface area contributed by atoms with Gasteiger partial charge in [0.15, 0.2) is 5.13 Å². The van der Waals surface area contributed by atoms with E-state index in [4.69, 9.17) is 0 Å². The van der Waals surface area contributed by atoms with Crippen LogP contribution in [0.4, 0.5) is 5.13 Å². The first-order chi connectivity index (χ1) is 8.72. The molecule has 2 heterocycles. The first kappa shape index (κ1) is 11.2. The Bertz CT molecular complexity index is 683. The van der Waals surface area contributed by atoms with E-state index < -0.39 is 0 Å². The van der Waals surface area contributed by atoms with Crippen molar-refractivity contribution < 1.29 is 0 Å². The Labute approximate surface area is 109 Å². The topological polar surface area (TPSA) is 42.7 Å². The van der Waals surface area contributed by atoms with Crippen molar-refractivity contribution in [2.24, 2.45) is 7.05 Å². The molecule has 3 rings (SSSR count). The average Bonchev–Trinajstić information content (AvgIpc) is 2.92.